The average Bonchev–Trinajstić information content (AvgIpc) is 2.40. The predicted octanol–water partition coefficient (Wildman–Crippen LogP) is 2.07. The average molecular weight is 372 g/mol. The van der Waals surface area contributed by atoms with Crippen molar-refractivity contribution in [1.29, 1.82) is 0 Å². The molecule has 0 heterocycles. The second kappa shape index (κ2) is 6.36. The molecule has 0 aromatic heterocycles. The monoisotopic (exact) mass is 372 g/mol. The predicted molar refractivity (Wildman–Crippen MR) is 81.6 cm³/mol. The number of nitrogens with one attached hydrogen (secondary N) is 1. The molecule has 102 valence electrons. The van der Waals surface area contributed by atoms with E-state index in [0.717, 1.165) is 29.3 Å². The first-order valence-electron chi connectivity index (χ1n) is 6.42. The lowest BCUT2D eigenvalue weighted by Crippen LogP contribution is -2.39. The number of carbonyl (C=O) groups excluding carboxylic acids is 2. The number of benzene rings is 1. The lowest BCUT2D eigenvalue weighted by atomic mass is 9.85. The van der Waals surface area contributed by atoms with Crippen molar-refractivity contribution in [2.24, 2.45) is 11.7 Å². The van der Waals surface area contributed by atoms with Crippen LogP contribution in [0.4, 0.5) is 0 Å². The molecule has 0 radical (unpaired) electrons. The third-order valence-corrected chi connectivity index (χ3v) is 4.29. The lowest BCUT2D eigenvalue weighted by molar-refractivity contribution is -0.122. The first kappa shape index (κ1) is 14.3. The van der Waals surface area contributed by atoms with Gasteiger partial charge in [0.15, 0.2) is 0 Å². The van der Waals surface area contributed by atoms with E-state index in [1.165, 1.54) is 0 Å². The van der Waals surface area contributed by atoms with Crippen LogP contribution in [0.15, 0.2) is 24.3 Å². The van der Waals surface area contributed by atoms with E-state index in [2.05, 4.69) is 27.9 Å². The number of primary amides is 1. The molecule has 0 spiro atoms. The Bertz CT molecular complexity index is 465. The number of halogens is 1. The molecule has 0 aliphatic heterocycles. The van der Waals surface area contributed by atoms with Crippen LogP contribution in [0.25, 0.3) is 0 Å². The highest BCUT2D eigenvalue weighted by atomic mass is 127. The minimum absolute atomic E-state index is 0.0218. The Labute approximate surface area is 126 Å². The molecule has 1 aromatic carbocycles. The van der Waals surface area contributed by atoms with Crippen LogP contribution in [0, 0.1) is 9.49 Å². The first-order valence-corrected chi connectivity index (χ1v) is 7.50. The summed E-state index contributed by atoms with van der Waals surface area (Å²) in [7, 11) is 0. The summed E-state index contributed by atoms with van der Waals surface area (Å²) in [6.07, 6.45) is 3.19. The molecular weight excluding hydrogens is 355 g/mol. The van der Waals surface area contributed by atoms with E-state index >= 15 is 0 Å². The largest absolute Gasteiger partial charge is 0.369 e. The van der Waals surface area contributed by atoms with E-state index in [9.17, 15) is 9.59 Å². The third-order valence-electron chi connectivity index (χ3n) is 3.57. The summed E-state index contributed by atoms with van der Waals surface area (Å²) in [5.74, 6) is -0.284. The van der Waals surface area contributed by atoms with Crippen molar-refractivity contribution in [2.75, 3.05) is 0 Å². The zero-order valence-corrected chi connectivity index (χ0v) is 12.7. The molecule has 0 bridgehead atoms. The molecule has 1 saturated carbocycles. The minimum Gasteiger partial charge on any atom is -0.369 e. The van der Waals surface area contributed by atoms with E-state index in [1.807, 2.05) is 24.3 Å². The zero-order valence-electron chi connectivity index (χ0n) is 10.6. The normalized spacial score (nSPS) is 22.8. The number of amides is 2. The molecule has 1 aromatic rings. The highest BCUT2D eigenvalue weighted by Gasteiger charge is 2.25. The fourth-order valence-corrected chi connectivity index (χ4v) is 2.75. The van der Waals surface area contributed by atoms with Crippen LogP contribution in [0.5, 0.6) is 0 Å². The maximum Gasteiger partial charge on any atom is 0.251 e. The second-order valence-corrected chi connectivity index (χ2v) is 6.18. The molecular formula is C14H17IN2O2. The molecule has 19 heavy (non-hydrogen) atoms. The topological polar surface area (TPSA) is 72.2 Å². The van der Waals surface area contributed by atoms with Gasteiger partial charge >= 0.3 is 0 Å². The van der Waals surface area contributed by atoms with Crippen LogP contribution in [0.2, 0.25) is 0 Å². The highest BCUT2D eigenvalue weighted by Crippen LogP contribution is 2.24. The molecule has 2 amide bonds. The summed E-state index contributed by atoms with van der Waals surface area (Å²) >= 11 is 2.21. The highest BCUT2D eigenvalue weighted by molar-refractivity contribution is 14.1. The van der Waals surface area contributed by atoms with Crippen LogP contribution in [0.1, 0.15) is 36.0 Å². The van der Waals surface area contributed by atoms with Gasteiger partial charge in [0.1, 0.15) is 0 Å². The van der Waals surface area contributed by atoms with Crippen molar-refractivity contribution in [2.45, 2.75) is 31.7 Å². The number of rotatable bonds is 3. The Morgan fingerprint density at radius 3 is 2.21 bits per heavy atom. The van der Waals surface area contributed by atoms with Gasteiger partial charge in [-0.2, -0.15) is 0 Å². The number of hydrogen-bond acceptors (Lipinski definition) is 2. The van der Waals surface area contributed by atoms with Crippen LogP contribution < -0.4 is 11.1 Å². The van der Waals surface area contributed by atoms with Gasteiger partial charge in [-0.25, -0.2) is 0 Å². The Morgan fingerprint density at radius 1 is 1.11 bits per heavy atom. The van der Waals surface area contributed by atoms with Gasteiger partial charge in [0, 0.05) is 21.1 Å². The van der Waals surface area contributed by atoms with Gasteiger partial charge in [-0.15, -0.1) is 0 Å². The van der Waals surface area contributed by atoms with Crippen molar-refractivity contribution in [3.8, 4) is 0 Å². The summed E-state index contributed by atoms with van der Waals surface area (Å²) in [6, 6.07) is 7.64. The molecule has 0 unspecified atom stereocenters. The van der Waals surface area contributed by atoms with Crippen molar-refractivity contribution in [3.05, 3.63) is 33.4 Å². The SMILES string of the molecule is NC(=O)C1CCC(NC(=O)c2ccc(I)cc2)CC1. The maximum absolute atomic E-state index is 12.0. The second-order valence-electron chi connectivity index (χ2n) is 4.93. The molecule has 3 N–H and O–H groups in total. The van der Waals surface area contributed by atoms with Gasteiger partial charge in [-0.3, -0.25) is 9.59 Å². The Hall–Kier alpha value is -1.11. The van der Waals surface area contributed by atoms with E-state index in [1.54, 1.807) is 0 Å². The molecule has 1 aliphatic rings. The van der Waals surface area contributed by atoms with Gasteiger partial charge in [-0.05, 0) is 72.5 Å². The number of carbonyl (C=O) groups is 2. The molecule has 5 heteroatoms. The van der Waals surface area contributed by atoms with Crippen molar-refractivity contribution >= 4 is 34.4 Å². The van der Waals surface area contributed by atoms with Gasteiger partial charge in [0.05, 0.1) is 0 Å². The number of hydrogen-bond donors (Lipinski definition) is 2. The fraction of sp³-hybridized carbons (Fsp3) is 0.429. The van der Waals surface area contributed by atoms with Crippen molar-refractivity contribution in [3.63, 3.8) is 0 Å². The van der Waals surface area contributed by atoms with Gasteiger partial charge in [-0.1, -0.05) is 0 Å². The molecule has 1 aliphatic carbocycles. The van der Waals surface area contributed by atoms with Crippen LogP contribution in [-0.2, 0) is 4.79 Å². The summed E-state index contributed by atoms with van der Waals surface area (Å²) in [5.41, 5.74) is 5.97. The van der Waals surface area contributed by atoms with E-state index < -0.39 is 0 Å². The van der Waals surface area contributed by atoms with Crippen molar-refractivity contribution < 1.29 is 9.59 Å². The van der Waals surface area contributed by atoms with Crippen molar-refractivity contribution in [1.82, 2.24) is 5.32 Å². The van der Waals surface area contributed by atoms with Gasteiger partial charge < -0.3 is 11.1 Å². The molecule has 1 fully saturated rings. The van der Waals surface area contributed by atoms with E-state index in [4.69, 9.17) is 5.73 Å². The first-order chi connectivity index (χ1) is 9.06. The number of nitrogens with two attached hydrogens (primary N) is 1. The smallest absolute Gasteiger partial charge is 0.251 e. The fourth-order valence-electron chi connectivity index (χ4n) is 2.39. The molecule has 0 atom stereocenters. The van der Waals surface area contributed by atoms with E-state index in [0.29, 0.717) is 5.56 Å². The van der Waals surface area contributed by atoms with Crippen LogP contribution in [0.3, 0.4) is 0 Å². The van der Waals surface area contributed by atoms with Gasteiger partial charge in [0.2, 0.25) is 5.91 Å². The Kier molecular flexibility index (Phi) is 4.79. The quantitative estimate of drug-likeness (QED) is 0.798. The van der Waals surface area contributed by atoms with E-state index in [-0.39, 0.29) is 23.8 Å². The molecule has 2 rings (SSSR count). The summed E-state index contributed by atoms with van der Waals surface area (Å²) in [6.45, 7) is 0. The Balaban J connectivity index is 1.87. The maximum atomic E-state index is 12.0. The van der Waals surface area contributed by atoms with Crippen LogP contribution in [-0.4, -0.2) is 17.9 Å². The van der Waals surface area contributed by atoms with Gasteiger partial charge in [0.25, 0.3) is 5.91 Å². The summed E-state index contributed by atoms with van der Waals surface area (Å²) in [4.78, 5) is 23.1. The molecule has 4 nitrogen and oxygen atoms in total. The molecule has 0 saturated heterocycles. The Morgan fingerprint density at radius 2 is 1.68 bits per heavy atom. The third kappa shape index (κ3) is 3.92. The zero-order chi connectivity index (χ0) is 13.8. The van der Waals surface area contributed by atoms with Crippen LogP contribution >= 0.6 is 22.6 Å². The summed E-state index contributed by atoms with van der Waals surface area (Å²) < 4.78 is 1.11. The minimum atomic E-state index is -0.220. The lowest BCUT2D eigenvalue weighted by Gasteiger charge is -2.27. The standard InChI is InChI=1S/C14H17IN2O2/c15-11-5-1-10(2-6-11)14(19)17-12-7-3-9(4-8-12)13(16)18/h1-2,5-6,9,12H,3-4,7-8H2,(H2,16,18)(H,17,19). The summed E-state index contributed by atoms with van der Waals surface area (Å²) in [5, 5.41) is 3.02.